The highest BCUT2D eigenvalue weighted by Gasteiger charge is 2.15. The Morgan fingerprint density at radius 3 is 2.79 bits per heavy atom. The van der Waals surface area contributed by atoms with E-state index in [4.69, 9.17) is 28.3 Å². The van der Waals surface area contributed by atoms with E-state index in [0.29, 0.717) is 4.90 Å². The summed E-state index contributed by atoms with van der Waals surface area (Å²) in [5.74, 6) is -0.918. The molecular formula is C7H6Cl2N2O2S. The lowest BCUT2D eigenvalue weighted by molar-refractivity contribution is -0.136. The van der Waals surface area contributed by atoms with Crippen molar-refractivity contribution >= 4 is 40.9 Å². The average Bonchev–Trinajstić information content (AvgIpc) is 2.11. The van der Waals surface area contributed by atoms with Gasteiger partial charge in [-0.25, -0.2) is 0 Å². The van der Waals surface area contributed by atoms with Gasteiger partial charge in [0.05, 0.1) is 4.90 Å². The minimum atomic E-state index is -0.918. The summed E-state index contributed by atoms with van der Waals surface area (Å²) in [4.78, 5) is 11.1. The first-order valence-electron chi connectivity index (χ1n) is 3.59. The van der Waals surface area contributed by atoms with Crippen LogP contribution in [0.3, 0.4) is 0 Å². The summed E-state index contributed by atoms with van der Waals surface area (Å²) in [7, 11) is 0. The SMILES string of the molecule is CC(Sc1cc(Cl)nnc1Cl)C(=O)O. The Bertz CT molecular complexity index is 362. The summed E-state index contributed by atoms with van der Waals surface area (Å²) in [6.07, 6.45) is 0. The average molecular weight is 253 g/mol. The van der Waals surface area contributed by atoms with Crippen molar-refractivity contribution in [1.29, 1.82) is 0 Å². The molecule has 1 rings (SSSR count). The molecule has 0 aliphatic rings. The number of aliphatic carboxylic acids is 1. The smallest absolute Gasteiger partial charge is 0.316 e. The summed E-state index contributed by atoms with van der Waals surface area (Å²) in [6.45, 7) is 1.55. The van der Waals surface area contributed by atoms with Gasteiger partial charge < -0.3 is 5.11 Å². The number of aromatic nitrogens is 2. The summed E-state index contributed by atoms with van der Waals surface area (Å²) in [5.41, 5.74) is 0. The molecular weight excluding hydrogens is 247 g/mol. The van der Waals surface area contributed by atoms with E-state index in [1.807, 2.05) is 0 Å². The molecule has 7 heteroatoms. The van der Waals surface area contributed by atoms with Gasteiger partial charge in [0.1, 0.15) is 5.25 Å². The number of hydrogen-bond acceptors (Lipinski definition) is 4. The van der Waals surface area contributed by atoms with E-state index in [0.717, 1.165) is 11.8 Å². The number of halogens is 2. The van der Waals surface area contributed by atoms with Gasteiger partial charge in [-0.05, 0) is 13.0 Å². The Morgan fingerprint density at radius 1 is 1.57 bits per heavy atom. The third-order valence-electron chi connectivity index (χ3n) is 1.34. The number of nitrogens with zero attached hydrogens (tertiary/aromatic N) is 2. The van der Waals surface area contributed by atoms with Crippen molar-refractivity contribution in [3.63, 3.8) is 0 Å². The fraction of sp³-hybridized carbons (Fsp3) is 0.286. The van der Waals surface area contributed by atoms with Crippen molar-refractivity contribution in [2.45, 2.75) is 17.1 Å². The molecule has 0 aliphatic heterocycles. The quantitative estimate of drug-likeness (QED) is 0.837. The zero-order chi connectivity index (χ0) is 10.7. The molecule has 4 nitrogen and oxygen atoms in total. The van der Waals surface area contributed by atoms with Gasteiger partial charge in [0, 0.05) is 0 Å². The summed E-state index contributed by atoms with van der Waals surface area (Å²) in [5, 5.41) is 15.5. The molecule has 0 saturated heterocycles. The number of carbonyl (C=O) groups is 1. The molecule has 76 valence electrons. The third kappa shape index (κ3) is 3.01. The zero-order valence-electron chi connectivity index (χ0n) is 7.07. The molecule has 0 saturated carbocycles. The van der Waals surface area contributed by atoms with Gasteiger partial charge in [-0.15, -0.1) is 22.0 Å². The topological polar surface area (TPSA) is 63.1 Å². The van der Waals surface area contributed by atoms with Crippen molar-refractivity contribution in [3.8, 4) is 0 Å². The van der Waals surface area contributed by atoms with Crippen LogP contribution in [-0.2, 0) is 4.79 Å². The van der Waals surface area contributed by atoms with Gasteiger partial charge in [0.2, 0.25) is 0 Å². The standard InChI is InChI=1S/C7H6Cl2N2O2S/c1-3(7(12)13)14-4-2-5(8)10-11-6(4)9/h2-3H,1H3,(H,12,13). The van der Waals surface area contributed by atoms with E-state index in [-0.39, 0.29) is 10.3 Å². The van der Waals surface area contributed by atoms with Gasteiger partial charge in [0.15, 0.2) is 10.3 Å². The molecule has 1 atom stereocenters. The predicted octanol–water partition coefficient (Wildman–Crippen LogP) is 2.35. The van der Waals surface area contributed by atoms with Crippen LogP contribution < -0.4 is 0 Å². The molecule has 14 heavy (non-hydrogen) atoms. The normalized spacial score (nSPS) is 12.5. The molecule has 1 N–H and O–H groups in total. The van der Waals surface area contributed by atoms with E-state index in [9.17, 15) is 4.79 Å². The second-order valence-corrected chi connectivity index (χ2v) is 4.55. The van der Waals surface area contributed by atoms with E-state index >= 15 is 0 Å². The van der Waals surface area contributed by atoms with Crippen molar-refractivity contribution in [3.05, 3.63) is 16.4 Å². The number of rotatable bonds is 3. The second kappa shape index (κ2) is 4.82. The molecule has 1 aromatic rings. The van der Waals surface area contributed by atoms with Crippen LogP contribution in [0.25, 0.3) is 0 Å². The van der Waals surface area contributed by atoms with Gasteiger partial charge in [-0.1, -0.05) is 23.2 Å². The van der Waals surface area contributed by atoms with Crippen LogP contribution in [0, 0.1) is 0 Å². The Labute approximate surface area is 94.6 Å². The highest BCUT2D eigenvalue weighted by atomic mass is 35.5. The minimum Gasteiger partial charge on any atom is -0.480 e. The molecule has 0 radical (unpaired) electrons. The number of carboxylic acids is 1. The van der Waals surface area contributed by atoms with Gasteiger partial charge in [-0.3, -0.25) is 4.79 Å². The second-order valence-electron chi connectivity index (χ2n) is 2.42. The molecule has 0 amide bonds. The van der Waals surface area contributed by atoms with Crippen LogP contribution in [0.15, 0.2) is 11.0 Å². The lowest BCUT2D eigenvalue weighted by Gasteiger charge is -2.06. The molecule has 1 heterocycles. The largest absolute Gasteiger partial charge is 0.480 e. The lowest BCUT2D eigenvalue weighted by atomic mass is 10.5. The number of thioether (sulfide) groups is 1. The maximum atomic E-state index is 10.6. The number of carboxylic acid groups (broad SMARTS) is 1. The Hall–Kier alpha value is -0.520. The first-order chi connectivity index (χ1) is 6.50. The molecule has 0 spiro atoms. The van der Waals surface area contributed by atoms with Crippen molar-refractivity contribution in [2.24, 2.45) is 0 Å². The van der Waals surface area contributed by atoms with Crippen LogP contribution in [0.5, 0.6) is 0 Å². The van der Waals surface area contributed by atoms with Crippen LogP contribution >= 0.6 is 35.0 Å². The van der Waals surface area contributed by atoms with E-state index in [1.54, 1.807) is 6.92 Å². The summed E-state index contributed by atoms with van der Waals surface area (Å²) in [6, 6.07) is 1.49. The maximum absolute atomic E-state index is 10.6. The first-order valence-corrected chi connectivity index (χ1v) is 5.22. The fourth-order valence-corrected chi connectivity index (χ4v) is 1.90. The Kier molecular flexibility index (Phi) is 3.97. The Balaban J connectivity index is 2.85. The van der Waals surface area contributed by atoms with Crippen molar-refractivity contribution < 1.29 is 9.90 Å². The molecule has 0 aliphatic carbocycles. The van der Waals surface area contributed by atoms with Crippen LogP contribution in [0.2, 0.25) is 10.3 Å². The molecule has 0 fully saturated rings. The van der Waals surface area contributed by atoms with Gasteiger partial charge >= 0.3 is 5.97 Å². The molecule has 0 bridgehead atoms. The lowest BCUT2D eigenvalue weighted by Crippen LogP contribution is -2.11. The summed E-state index contributed by atoms with van der Waals surface area (Å²) >= 11 is 12.4. The molecule has 1 unspecified atom stereocenters. The minimum absolute atomic E-state index is 0.160. The predicted molar refractivity (Wildman–Crippen MR) is 55.0 cm³/mol. The monoisotopic (exact) mass is 252 g/mol. The van der Waals surface area contributed by atoms with Gasteiger partial charge in [-0.2, -0.15) is 0 Å². The zero-order valence-corrected chi connectivity index (χ0v) is 9.40. The fourth-order valence-electron chi connectivity index (χ4n) is 0.661. The van der Waals surface area contributed by atoms with Gasteiger partial charge in [0.25, 0.3) is 0 Å². The summed E-state index contributed by atoms with van der Waals surface area (Å²) < 4.78 is 0. The van der Waals surface area contributed by atoms with E-state index < -0.39 is 11.2 Å². The van der Waals surface area contributed by atoms with E-state index in [2.05, 4.69) is 10.2 Å². The maximum Gasteiger partial charge on any atom is 0.316 e. The van der Waals surface area contributed by atoms with Crippen LogP contribution in [0.4, 0.5) is 0 Å². The van der Waals surface area contributed by atoms with Crippen LogP contribution in [-0.4, -0.2) is 26.5 Å². The highest BCUT2D eigenvalue weighted by Crippen LogP contribution is 2.29. The van der Waals surface area contributed by atoms with Crippen molar-refractivity contribution in [2.75, 3.05) is 0 Å². The van der Waals surface area contributed by atoms with E-state index in [1.165, 1.54) is 6.07 Å². The van der Waals surface area contributed by atoms with Crippen molar-refractivity contribution in [1.82, 2.24) is 10.2 Å². The molecule has 0 aromatic carbocycles. The third-order valence-corrected chi connectivity index (χ3v) is 3.03. The number of hydrogen-bond donors (Lipinski definition) is 1. The first kappa shape index (κ1) is 11.6. The van der Waals surface area contributed by atoms with Crippen LogP contribution in [0.1, 0.15) is 6.92 Å². The highest BCUT2D eigenvalue weighted by molar-refractivity contribution is 8.00. The Morgan fingerprint density at radius 2 is 2.21 bits per heavy atom. The molecule has 1 aromatic heterocycles.